The van der Waals surface area contributed by atoms with Gasteiger partial charge in [0.1, 0.15) is 12.4 Å². The van der Waals surface area contributed by atoms with Gasteiger partial charge in [-0.15, -0.1) is 0 Å². The Labute approximate surface area is 221 Å². The zero-order valence-electron chi connectivity index (χ0n) is 24.6. The van der Waals surface area contributed by atoms with Crippen LogP contribution in [-0.4, -0.2) is 4.57 Å². The first-order valence-electron chi connectivity index (χ1n) is 16.4. The van der Waals surface area contributed by atoms with E-state index in [2.05, 4.69) is 42.3 Å². The Morgan fingerprint density at radius 1 is 0.486 bits per heavy atom. The molecular weight excluding hydrogens is 424 g/mol. The van der Waals surface area contributed by atoms with Crippen LogP contribution in [0.4, 0.5) is 0 Å². The lowest BCUT2D eigenvalue weighted by atomic mass is 10.0. The zero-order valence-corrected chi connectivity index (χ0v) is 24.6. The van der Waals surface area contributed by atoms with Gasteiger partial charge in [0.25, 0.3) is 5.82 Å². The maximum Gasteiger partial charge on any atom is 0.256 e. The van der Waals surface area contributed by atoms with Crippen molar-refractivity contribution in [1.29, 1.82) is 0 Å². The molecule has 0 aliphatic heterocycles. The third-order valence-electron chi connectivity index (χ3n) is 7.85. The van der Waals surface area contributed by atoms with Crippen LogP contribution < -0.4 is 4.57 Å². The second kappa shape index (κ2) is 24.9. The van der Waals surface area contributed by atoms with Crippen LogP contribution in [0, 0.1) is 0 Å². The summed E-state index contributed by atoms with van der Waals surface area (Å²) in [6.45, 7) is 9.37. The lowest BCUT2D eigenvalue weighted by molar-refractivity contribution is -0.704. The molecule has 206 valence electrons. The van der Waals surface area contributed by atoms with Gasteiger partial charge in [-0.05, 0) is 32.1 Å². The summed E-state index contributed by atoms with van der Waals surface area (Å²) in [5, 5.41) is 0. The molecule has 0 radical (unpaired) electrons. The number of hydrogen-bond acceptors (Lipinski definition) is 0. The van der Waals surface area contributed by atoms with Crippen molar-refractivity contribution in [2.75, 3.05) is 0 Å². The summed E-state index contributed by atoms with van der Waals surface area (Å²) < 4.78 is 5.20. The minimum Gasteiger partial charge on any atom is -0.234 e. The van der Waals surface area contributed by atoms with E-state index in [1.54, 1.807) is 5.82 Å². The first-order chi connectivity index (χ1) is 17.3. The molecule has 2 heteroatoms. The largest absolute Gasteiger partial charge is 0.256 e. The van der Waals surface area contributed by atoms with Crippen molar-refractivity contribution >= 4 is 0 Å². The smallest absolute Gasteiger partial charge is 0.234 e. The zero-order chi connectivity index (χ0) is 25.2. The monoisotopic (exact) mass is 490 g/mol. The predicted molar refractivity (Wildman–Crippen MR) is 156 cm³/mol. The van der Waals surface area contributed by atoms with E-state index in [1.807, 2.05) is 0 Å². The molecule has 0 saturated heterocycles. The molecule has 2 nitrogen and oxygen atoms in total. The maximum absolute atomic E-state index is 2.61. The van der Waals surface area contributed by atoms with Gasteiger partial charge in [-0.3, -0.25) is 0 Å². The van der Waals surface area contributed by atoms with E-state index < -0.39 is 0 Å². The summed E-state index contributed by atoms with van der Waals surface area (Å²) in [5.74, 6) is 1.61. The SMILES string of the molecule is CCCCCCCCCCCCCCc1n(CCCCCC)cc[n+]1CCCCCCCCCC. The van der Waals surface area contributed by atoms with Crippen molar-refractivity contribution < 1.29 is 4.57 Å². The van der Waals surface area contributed by atoms with Crippen molar-refractivity contribution in [1.82, 2.24) is 4.57 Å². The molecular formula is C33H65N2+. The molecule has 0 aliphatic rings. The van der Waals surface area contributed by atoms with Gasteiger partial charge >= 0.3 is 0 Å². The Hall–Kier alpha value is -0.790. The van der Waals surface area contributed by atoms with Crippen molar-refractivity contribution in [3.63, 3.8) is 0 Å². The first-order valence-corrected chi connectivity index (χ1v) is 16.4. The second-order valence-corrected chi connectivity index (χ2v) is 11.3. The number of nitrogens with zero attached hydrogens (tertiary/aromatic N) is 2. The lowest BCUT2D eigenvalue weighted by Gasteiger charge is -2.07. The van der Waals surface area contributed by atoms with Crippen LogP contribution in [-0.2, 0) is 19.5 Å². The van der Waals surface area contributed by atoms with E-state index in [9.17, 15) is 0 Å². The summed E-state index contributed by atoms with van der Waals surface area (Å²) in [6.07, 6.45) is 40.0. The number of aryl methyl sites for hydroxylation is 2. The van der Waals surface area contributed by atoms with Crippen LogP contribution in [0.15, 0.2) is 12.4 Å². The molecule has 1 heterocycles. The van der Waals surface area contributed by atoms with Gasteiger partial charge in [-0.25, -0.2) is 9.13 Å². The number of hydrogen-bond donors (Lipinski definition) is 0. The van der Waals surface area contributed by atoms with E-state index in [0.717, 1.165) is 0 Å². The van der Waals surface area contributed by atoms with E-state index in [1.165, 1.54) is 174 Å². The third kappa shape index (κ3) is 18.2. The number of rotatable bonds is 27. The molecule has 1 aromatic rings. The van der Waals surface area contributed by atoms with E-state index in [0.29, 0.717) is 0 Å². The first kappa shape index (κ1) is 32.2. The quantitative estimate of drug-likeness (QED) is 0.0858. The molecule has 0 N–H and O–H groups in total. The average Bonchev–Trinajstić information content (AvgIpc) is 3.25. The molecule has 0 aliphatic carbocycles. The Balaban J connectivity index is 2.27. The van der Waals surface area contributed by atoms with E-state index in [4.69, 9.17) is 0 Å². The predicted octanol–water partition coefficient (Wildman–Crippen LogP) is 10.7. The van der Waals surface area contributed by atoms with Gasteiger partial charge in [0.15, 0.2) is 0 Å². The Kier molecular flexibility index (Phi) is 22.9. The van der Waals surface area contributed by atoms with Gasteiger partial charge in [0.05, 0.1) is 13.1 Å². The topological polar surface area (TPSA) is 8.81 Å². The van der Waals surface area contributed by atoms with Crippen molar-refractivity contribution in [3.05, 3.63) is 18.2 Å². The van der Waals surface area contributed by atoms with Crippen LogP contribution in [0.2, 0.25) is 0 Å². The van der Waals surface area contributed by atoms with Crippen LogP contribution >= 0.6 is 0 Å². The summed E-state index contributed by atoms with van der Waals surface area (Å²) in [5.41, 5.74) is 0. The fourth-order valence-corrected chi connectivity index (χ4v) is 5.44. The molecule has 0 atom stereocenters. The molecule has 0 amide bonds. The van der Waals surface area contributed by atoms with Crippen molar-refractivity contribution in [2.24, 2.45) is 0 Å². The normalized spacial score (nSPS) is 11.5. The number of aromatic nitrogens is 2. The Bertz CT molecular complexity index is 547. The standard InChI is InChI=1S/C33H65N2/c1-4-7-10-13-15-17-18-19-20-21-23-25-28-33-34(29-26-12-9-6-3)31-32-35(33)30-27-24-22-16-14-11-8-5-2/h31-32H,4-30H2,1-3H3/q+1. The van der Waals surface area contributed by atoms with E-state index in [-0.39, 0.29) is 0 Å². The summed E-state index contributed by atoms with van der Waals surface area (Å²) in [4.78, 5) is 0. The van der Waals surface area contributed by atoms with Crippen molar-refractivity contribution in [3.8, 4) is 0 Å². The maximum atomic E-state index is 2.61. The highest BCUT2D eigenvalue weighted by molar-refractivity contribution is 4.84. The molecule has 0 spiro atoms. The fourth-order valence-electron chi connectivity index (χ4n) is 5.44. The van der Waals surface area contributed by atoms with Gasteiger partial charge in [-0.2, -0.15) is 0 Å². The van der Waals surface area contributed by atoms with Crippen molar-refractivity contribution in [2.45, 2.75) is 194 Å². The molecule has 1 rings (SSSR count). The van der Waals surface area contributed by atoms with Crippen LogP contribution in [0.1, 0.15) is 181 Å². The molecule has 0 fully saturated rings. The van der Waals surface area contributed by atoms with Gasteiger partial charge < -0.3 is 0 Å². The average molecular weight is 490 g/mol. The molecule has 35 heavy (non-hydrogen) atoms. The highest BCUT2D eigenvalue weighted by atomic mass is 15.1. The summed E-state index contributed by atoms with van der Waals surface area (Å²) in [7, 11) is 0. The van der Waals surface area contributed by atoms with Crippen LogP contribution in [0.3, 0.4) is 0 Å². The fraction of sp³-hybridized carbons (Fsp3) is 0.909. The minimum atomic E-state index is 1.22. The van der Waals surface area contributed by atoms with Gasteiger partial charge in [0, 0.05) is 6.42 Å². The second-order valence-electron chi connectivity index (χ2n) is 11.3. The van der Waals surface area contributed by atoms with Gasteiger partial charge in [-0.1, -0.05) is 143 Å². The van der Waals surface area contributed by atoms with Gasteiger partial charge in [0.2, 0.25) is 0 Å². The third-order valence-corrected chi connectivity index (χ3v) is 7.85. The molecule has 0 aromatic carbocycles. The number of unbranched alkanes of at least 4 members (excludes halogenated alkanes) is 21. The highest BCUT2D eigenvalue weighted by Gasteiger charge is 2.16. The summed E-state index contributed by atoms with van der Waals surface area (Å²) >= 11 is 0. The number of imidazole rings is 1. The summed E-state index contributed by atoms with van der Waals surface area (Å²) in [6, 6.07) is 0. The lowest BCUT2D eigenvalue weighted by Crippen LogP contribution is -2.37. The molecule has 0 bridgehead atoms. The van der Waals surface area contributed by atoms with E-state index >= 15 is 0 Å². The Morgan fingerprint density at radius 3 is 1.37 bits per heavy atom. The highest BCUT2D eigenvalue weighted by Crippen LogP contribution is 2.14. The molecule has 0 unspecified atom stereocenters. The minimum absolute atomic E-state index is 1.22. The van der Waals surface area contributed by atoms with Crippen LogP contribution in [0.5, 0.6) is 0 Å². The van der Waals surface area contributed by atoms with Crippen LogP contribution in [0.25, 0.3) is 0 Å². The molecule has 1 aromatic heterocycles. The molecule has 0 saturated carbocycles. The Morgan fingerprint density at radius 2 is 0.886 bits per heavy atom.